The quantitative estimate of drug-likeness (QED) is 0.433. The zero-order valence-corrected chi connectivity index (χ0v) is 14.8. The van der Waals surface area contributed by atoms with Gasteiger partial charge in [0.05, 0.1) is 18.0 Å². The Morgan fingerprint density at radius 1 is 0.800 bits per heavy atom. The third kappa shape index (κ3) is 5.89. The van der Waals surface area contributed by atoms with Crippen molar-refractivity contribution in [1.29, 1.82) is 0 Å². The lowest BCUT2D eigenvalue weighted by Gasteiger charge is -2.04. The number of hydrogen-bond acceptors (Lipinski definition) is 2. The van der Waals surface area contributed by atoms with Crippen LogP contribution in [0.25, 0.3) is 0 Å². The summed E-state index contributed by atoms with van der Waals surface area (Å²) in [5.74, 6) is -1.21. The van der Waals surface area contributed by atoms with E-state index in [4.69, 9.17) is 0 Å². The predicted octanol–water partition coefficient (Wildman–Crippen LogP) is 5.71. The average molecular weight is 342 g/mol. The van der Waals surface area contributed by atoms with Gasteiger partial charge in [-0.15, -0.1) is 0 Å². The maximum atomic E-state index is 14.0. The Morgan fingerprint density at radius 3 is 2.04 bits per heavy atom. The van der Waals surface area contributed by atoms with E-state index in [1.54, 1.807) is 6.21 Å². The highest BCUT2D eigenvalue weighted by molar-refractivity contribution is 5.83. The van der Waals surface area contributed by atoms with Crippen LogP contribution < -0.4 is 0 Å². The number of rotatable bonds is 8. The second-order valence-electron chi connectivity index (χ2n) is 6.06. The van der Waals surface area contributed by atoms with E-state index in [1.807, 2.05) is 31.2 Å². The monoisotopic (exact) mass is 342 g/mol. The van der Waals surface area contributed by atoms with Crippen molar-refractivity contribution in [2.75, 3.05) is 0 Å². The molecule has 0 saturated heterocycles. The van der Waals surface area contributed by atoms with Crippen LogP contribution in [-0.4, -0.2) is 12.4 Å². The van der Waals surface area contributed by atoms with Gasteiger partial charge in [-0.2, -0.15) is 10.2 Å². The molecule has 2 nitrogen and oxygen atoms in total. The molecule has 25 heavy (non-hydrogen) atoms. The normalized spacial score (nSPS) is 11.7. The number of unbranched alkanes of at least 4 members (excludes halogenated alkanes) is 1. The first-order valence-corrected chi connectivity index (χ1v) is 8.77. The van der Waals surface area contributed by atoms with Crippen LogP contribution >= 0.6 is 0 Å². The molecule has 0 fully saturated rings. The highest BCUT2D eigenvalue weighted by Gasteiger charge is 2.09. The molecule has 132 valence electrons. The second-order valence-corrected chi connectivity index (χ2v) is 6.06. The minimum absolute atomic E-state index is 0.157. The molecule has 0 amide bonds. The summed E-state index contributed by atoms with van der Waals surface area (Å²) in [5.41, 5.74) is 2.68. The fraction of sp³-hybridized carbons (Fsp3) is 0.333. The van der Waals surface area contributed by atoms with Crippen LogP contribution in [0.1, 0.15) is 55.4 Å². The van der Waals surface area contributed by atoms with Crippen molar-refractivity contribution in [3.05, 3.63) is 70.3 Å². The molecule has 0 bridgehead atoms. The van der Waals surface area contributed by atoms with E-state index in [2.05, 4.69) is 17.1 Å². The van der Waals surface area contributed by atoms with E-state index >= 15 is 0 Å². The summed E-state index contributed by atoms with van der Waals surface area (Å²) in [6.07, 6.45) is 7.41. The van der Waals surface area contributed by atoms with Crippen molar-refractivity contribution in [1.82, 2.24) is 0 Å². The molecular weight excluding hydrogens is 318 g/mol. The molecule has 0 radical (unpaired) electrons. The Kier molecular flexibility index (Phi) is 7.45. The molecule has 0 spiro atoms. The Morgan fingerprint density at radius 2 is 1.44 bits per heavy atom. The number of benzene rings is 2. The predicted molar refractivity (Wildman–Crippen MR) is 101 cm³/mol. The Hall–Kier alpha value is -2.36. The van der Waals surface area contributed by atoms with Gasteiger partial charge in [0.15, 0.2) is 0 Å². The SMILES string of the molecule is CCCCc1cc(F)c(C=NN=Cc2ccc(CCC)cc2)c(F)c1. The number of nitrogens with zero attached hydrogens (tertiary/aromatic N) is 2. The Labute approximate surface area is 148 Å². The fourth-order valence-corrected chi connectivity index (χ4v) is 2.54. The van der Waals surface area contributed by atoms with Crippen LogP contribution in [0.2, 0.25) is 0 Å². The summed E-state index contributed by atoms with van der Waals surface area (Å²) in [7, 11) is 0. The standard InChI is InChI=1S/C21H24F2N2/c1-3-5-7-18-12-20(22)19(21(23)13-18)15-25-24-14-17-10-8-16(6-4-2)9-11-17/h8-15H,3-7H2,1-2H3. The molecule has 0 unspecified atom stereocenters. The molecule has 0 aliphatic rings. The third-order valence-corrected chi connectivity index (χ3v) is 3.94. The van der Waals surface area contributed by atoms with Crippen LogP contribution in [-0.2, 0) is 12.8 Å². The molecule has 0 aliphatic heterocycles. The molecule has 2 rings (SSSR count). The van der Waals surface area contributed by atoms with Gasteiger partial charge in [0.2, 0.25) is 0 Å². The molecular formula is C21H24F2N2. The first kappa shape index (κ1) is 19.0. The summed E-state index contributed by atoms with van der Waals surface area (Å²) in [6, 6.07) is 10.7. The van der Waals surface area contributed by atoms with Gasteiger partial charge in [0, 0.05) is 0 Å². The molecule has 0 atom stereocenters. The van der Waals surface area contributed by atoms with Crippen LogP contribution in [0.4, 0.5) is 8.78 Å². The summed E-state index contributed by atoms with van der Waals surface area (Å²) >= 11 is 0. The van der Waals surface area contributed by atoms with E-state index in [-0.39, 0.29) is 5.56 Å². The van der Waals surface area contributed by atoms with Gasteiger partial charge in [-0.25, -0.2) is 8.78 Å². The zero-order chi connectivity index (χ0) is 18.1. The van der Waals surface area contributed by atoms with Gasteiger partial charge < -0.3 is 0 Å². The topological polar surface area (TPSA) is 24.7 Å². The lowest BCUT2D eigenvalue weighted by molar-refractivity contribution is 0.575. The van der Waals surface area contributed by atoms with E-state index < -0.39 is 11.6 Å². The number of hydrogen-bond donors (Lipinski definition) is 0. The van der Waals surface area contributed by atoms with Gasteiger partial charge in [-0.3, -0.25) is 0 Å². The number of halogens is 2. The highest BCUT2D eigenvalue weighted by Crippen LogP contribution is 2.15. The lowest BCUT2D eigenvalue weighted by Crippen LogP contribution is -1.97. The minimum Gasteiger partial charge on any atom is -0.206 e. The van der Waals surface area contributed by atoms with Crippen molar-refractivity contribution in [2.24, 2.45) is 10.2 Å². The van der Waals surface area contributed by atoms with Crippen molar-refractivity contribution >= 4 is 12.4 Å². The highest BCUT2D eigenvalue weighted by atomic mass is 19.1. The summed E-state index contributed by atoms with van der Waals surface area (Å²) in [6.45, 7) is 4.18. The zero-order valence-electron chi connectivity index (χ0n) is 14.8. The van der Waals surface area contributed by atoms with Crippen LogP contribution in [0.3, 0.4) is 0 Å². The fourth-order valence-electron chi connectivity index (χ4n) is 2.54. The number of aryl methyl sites for hydroxylation is 2. The van der Waals surface area contributed by atoms with E-state index in [1.165, 1.54) is 17.7 Å². The minimum atomic E-state index is -0.603. The lowest BCUT2D eigenvalue weighted by atomic mass is 10.1. The average Bonchev–Trinajstić information content (AvgIpc) is 2.60. The van der Waals surface area contributed by atoms with Gasteiger partial charge in [0.25, 0.3) is 0 Å². The maximum Gasteiger partial charge on any atom is 0.135 e. The molecule has 2 aromatic rings. The van der Waals surface area contributed by atoms with Crippen molar-refractivity contribution in [3.63, 3.8) is 0 Å². The van der Waals surface area contributed by atoms with Crippen LogP contribution in [0.15, 0.2) is 46.6 Å². The molecule has 2 aromatic carbocycles. The van der Waals surface area contributed by atoms with Crippen molar-refractivity contribution in [3.8, 4) is 0 Å². The summed E-state index contributed by atoms with van der Waals surface area (Å²) < 4.78 is 28.0. The first-order chi connectivity index (χ1) is 12.1. The van der Waals surface area contributed by atoms with Gasteiger partial charge in [0.1, 0.15) is 11.6 Å². The Bertz CT molecular complexity index is 711. The summed E-state index contributed by atoms with van der Waals surface area (Å²) in [5, 5.41) is 7.65. The third-order valence-electron chi connectivity index (χ3n) is 3.94. The van der Waals surface area contributed by atoms with Crippen LogP contribution in [0.5, 0.6) is 0 Å². The molecule has 0 N–H and O–H groups in total. The van der Waals surface area contributed by atoms with Gasteiger partial charge in [-0.1, -0.05) is 51.0 Å². The van der Waals surface area contributed by atoms with Crippen LogP contribution in [0, 0.1) is 11.6 Å². The Balaban J connectivity index is 2.03. The second kappa shape index (κ2) is 9.82. The van der Waals surface area contributed by atoms with Gasteiger partial charge in [-0.05, 0) is 48.1 Å². The molecule has 4 heteroatoms. The smallest absolute Gasteiger partial charge is 0.135 e. The van der Waals surface area contributed by atoms with E-state index in [0.717, 1.165) is 37.5 Å². The molecule has 0 saturated carbocycles. The van der Waals surface area contributed by atoms with Crippen molar-refractivity contribution < 1.29 is 8.78 Å². The molecule has 0 aromatic heterocycles. The van der Waals surface area contributed by atoms with Crippen molar-refractivity contribution in [2.45, 2.75) is 46.0 Å². The molecule has 0 aliphatic carbocycles. The largest absolute Gasteiger partial charge is 0.206 e. The first-order valence-electron chi connectivity index (χ1n) is 8.77. The summed E-state index contributed by atoms with van der Waals surface area (Å²) in [4.78, 5) is 0. The van der Waals surface area contributed by atoms with Gasteiger partial charge >= 0.3 is 0 Å². The van der Waals surface area contributed by atoms with E-state index in [9.17, 15) is 8.78 Å². The van der Waals surface area contributed by atoms with E-state index in [0.29, 0.717) is 12.0 Å². The molecule has 0 heterocycles. The maximum absolute atomic E-state index is 14.0.